The molecule has 1 aromatic carbocycles. The van der Waals surface area contributed by atoms with Gasteiger partial charge in [-0.2, -0.15) is 0 Å². The largest absolute Gasteiger partial charge is 0.368 e. The second-order valence-electron chi connectivity index (χ2n) is 4.92. The lowest BCUT2D eigenvalue weighted by Crippen LogP contribution is -2.32. The van der Waals surface area contributed by atoms with Gasteiger partial charge in [0.15, 0.2) is 5.65 Å². The molecule has 8 heteroatoms. The topological polar surface area (TPSA) is 91.8 Å². The van der Waals surface area contributed by atoms with Crippen molar-refractivity contribution >= 4 is 44.5 Å². The first-order chi connectivity index (χ1) is 11.7. The fourth-order valence-electron chi connectivity index (χ4n) is 2.11. The minimum Gasteiger partial charge on any atom is -0.368 e. The Labute approximate surface area is 147 Å². The lowest BCUT2D eigenvalue weighted by atomic mass is 10.3. The Morgan fingerprint density at radius 1 is 1.08 bits per heavy atom. The molecule has 0 radical (unpaired) electrons. The molecule has 0 fully saturated rings. The lowest BCUT2D eigenvalue weighted by molar-refractivity contribution is 0.252. The Hall–Kier alpha value is -2.74. The summed E-state index contributed by atoms with van der Waals surface area (Å²) in [7, 11) is 0. The van der Waals surface area contributed by atoms with Gasteiger partial charge in [0.05, 0.1) is 5.39 Å². The van der Waals surface area contributed by atoms with Gasteiger partial charge in [-0.1, -0.05) is 18.2 Å². The lowest BCUT2D eigenvalue weighted by Gasteiger charge is -2.10. The van der Waals surface area contributed by atoms with Crippen molar-refractivity contribution in [3.63, 3.8) is 0 Å². The Morgan fingerprint density at radius 3 is 2.75 bits per heavy atom. The summed E-state index contributed by atoms with van der Waals surface area (Å²) in [5, 5.41) is 9.54. The first kappa shape index (κ1) is 16.1. The van der Waals surface area contributed by atoms with E-state index in [0.29, 0.717) is 24.6 Å². The third-order valence-electron chi connectivity index (χ3n) is 3.19. The first-order valence-corrected chi connectivity index (χ1v) is 8.12. The maximum absolute atomic E-state index is 11.8. The van der Waals surface area contributed by atoms with Crippen LogP contribution in [-0.4, -0.2) is 34.1 Å². The number of carbonyl (C=O) groups is 1. The fraction of sp³-hybridized carbons (Fsp3) is 0.125. The molecule has 0 bridgehead atoms. The van der Waals surface area contributed by atoms with Crippen molar-refractivity contribution < 1.29 is 4.79 Å². The highest BCUT2D eigenvalue weighted by atomic mass is 79.9. The van der Waals surface area contributed by atoms with E-state index >= 15 is 0 Å². The van der Waals surface area contributed by atoms with Crippen LogP contribution in [0.3, 0.4) is 0 Å². The summed E-state index contributed by atoms with van der Waals surface area (Å²) in [6, 6.07) is 10.9. The van der Waals surface area contributed by atoms with Crippen LogP contribution in [0.1, 0.15) is 0 Å². The van der Waals surface area contributed by atoms with E-state index in [2.05, 4.69) is 46.8 Å². The summed E-state index contributed by atoms with van der Waals surface area (Å²) >= 11 is 3.39. The van der Waals surface area contributed by atoms with E-state index in [-0.39, 0.29) is 6.03 Å². The van der Waals surface area contributed by atoms with E-state index in [1.54, 1.807) is 6.20 Å². The number of rotatable bonds is 5. The zero-order valence-corrected chi connectivity index (χ0v) is 14.2. The van der Waals surface area contributed by atoms with Crippen LogP contribution in [0, 0.1) is 0 Å². The average molecular weight is 387 g/mol. The van der Waals surface area contributed by atoms with Gasteiger partial charge >= 0.3 is 6.03 Å². The molecule has 0 unspecified atom stereocenters. The molecule has 0 saturated carbocycles. The third kappa shape index (κ3) is 4.17. The van der Waals surface area contributed by atoms with Gasteiger partial charge in [0, 0.05) is 29.4 Å². The second-order valence-corrected chi connectivity index (χ2v) is 5.84. The second kappa shape index (κ2) is 7.69. The summed E-state index contributed by atoms with van der Waals surface area (Å²) in [5.74, 6) is 0.680. The van der Waals surface area contributed by atoms with Crippen molar-refractivity contribution in [1.29, 1.82) is 0 Å². The highest BCUT2D eigenvalue weighted by Gasteiger charge is 2.05. The molecule has 0 aliphatic heterocycles. The number of fused-ring (bicyclic) bond motifs is 1. The first-order valence-electron chi connectivity index (χ1n) is 7.32. The number of nitrogens with one attached hydrogen (secondary N) is 3. The quantitative estimate of drug-likeness (QED) is 0.586. The van der Waals surface area contributed by atoms with Gasteiger partial charge in [-0.15, -0.1) is 0 Å². The summed E-state index contributed by atoms with van der Waals surface area (Å²) < 4.78 is 0.855. The number of halogens is 1. The number of para-hydroxylation sites is 1. The summed E-state index contributed by atoms with van der Waals surface area (Å²) in [5.41, 5.74) is 1.37. The predicted octanol–water partition coefficient (Wildman–Crippen LogP) is 3.02. The number of anilines is 2. The number of benzene rings is 1. The Kier molecular flexibility index (Phi) is 5.17. The molecule has 3 N–H and O–H groups in total. The van der Waals surface area contributed by atoms with Crippen LogP contribution in [0.4, 0.5) is 16.3 Å². The van der Waals surface area contributed by atoms with Crippen molar-refractivity contribution in [2.45, 2.75) is 0 Å². The van der Waals surface area contributed by atoms with Gasteiger partial charge in [-0.25, -0.2) is 19.7 Å². The van der Waals surface area contributed by atoms with Crippen molar-refractivity contribution in [2.24, 2.45) is 0 Å². The monoisotopic (exact) mass is 386 g/mol. The van der Waals surface area contributed by atoms with Crippen LogP contribution < -0.4 is 16.0 Å². The van der Waals surface area contributed by atoms with Crippen LogP contribution in [0.5, 0.6) is 0 Å². The van der Waals surface area contributed by atoms with Crippen molar-refractivity contribution in [3.8, 4) is 0 Å². The molecular weight excluding hydrogens is 372 g/mol. The van der Waals surface area contributed by atoms with E-state index in [9.17, 15) is 4.79 Å². The number of amides is 2. The molecule has 0 spiro atoms. The smallest absolute Gasteiger partial charge is 0.319 e. The van der Waals surface area contributed by atoms with Crippen LogP contribution in [0.15, 0.2) is 53.4 Å². The number of aromatic nitrogens is 3. The zero-order valence-electron chi connectivity index (χ0n) is 12.7. The molecule has 0 atom stereocenters. The van der Waals surface area contributed by atoms with Crippen LogP contribution in [-0.2, 0) is 0 Å². The van der Waals surface area contributed by atoms with Gasteiger partial charge in [0.25, 0.3) is 0 Å². The fourth-order valence-corrected chi connectivity index (χ4v) is 2.45. The Morgan fingerprint density at radius 2 is 1.92 bits per heavy atom. The molecule has 3 rings (SSSR count). The minimum atomic E-state index is -0.250. The maximum Gasteiger partial charge on any atom is 0.319 e. The van der Waals surface area contributed by atoms with Gasteiger partial charge in [0.1, 0.15) is 12.1 Å². The number of nitrogens with zero attached hydrogens (tertiary/aromatic N) is 3. The highest BCUT2D eigenvalue weighted by Crippen LogP contribution is 2.20. The van der Waals surface area contributed by atoms with Crippen LogP contribution >= 0.6 is 15.9 Å². The summed E-state index contributed by atoms with van der Waals surface area (Å²) in [4.78, 5) is 24.4. The standard InChI is InChI=1S/C16H15BrN6O/c17-11-8-13-14(21-10-22-15(13)20-9-11)18-6-7-19-16(24)23-12-4-2-1-3-5-12/h1-5,8-10H,6-7H2,(H2,19,23,24)(H,18,20,21,22). The normalized spacial score (nSPS) is 10.4. The van der Waals surface area contributed by atoms with Gasteiger partial charge < -0.3 is 16.0 Å². The number of pyridine rings is 1. The summed E-state index contributed by atoms with van der Waals surface area (Å²) in [6.45, 7) is 0.979. The number of urea groups is 1. The molecular formula is C16H15BrN6O. The molecule has 3 aromatic rings. The minimum absolute atomic E-state index is 0.250. The van der Waals surface area contributed by atoms with Crippen molar-refractivity contribution in [3.05, 3.63) is 53.4 Å². The maximum atomic E-state index is 11.8. The molecule has 0 aliphatic rings. The molecule has 122 valence electrons. The van der Waals surface area contributed by atoms with Gasteiger partial charge in [-0.05, 0) is 34.1 Å². The van der Waals surface area contributed by atoms with Crippen LogP contribution in [0.2, 0.25) is 0 Å². The van der Waals surface area contributed by atoms with E-state index in [1.807, 2.05) is 36.4 Å². The zero-order chi connectivity index (χ0) is 16.8. The molecule has 2 aromatic heterocycles. The Bertz CT molecular complexity index is 842. The molecule has 24 heavy (non-hydrogen) atoms. The SMILES string of the molecule is O=C(NCCNc1ncnc2ncc(Br)cc12)Nc1ccccc1. The van der Waals surface area contributed by atoms with E-state index in [1.165, 1.54) is 6.33 Å². The van der Waals surface area contributed by atoms with E-state index in [0.717, 1.165) is 15.5 Å². The molecule has 7 nitrogen and oxygen atoms in total. The average Bonchev–Trinajstić information content (AvgIpc) is 2.60. The number of carbonyl (C=O) groups excluding carboxylic acids is 1. The Balaban J connectivity index is 1.52. The van der Waals surface area contributed by atoms with Crippen LogP contribution in [0.25, 0.3) is 11.0 Å². The van der Waals surface area contributed by atoms with Gasteiger partial charge in [-0.3, -0.25) is 0 Å². The number of hydrogen-bond donors (Lipinski definition) is 3. The third-order valence-corrected chi connectivity index (χ3v) is 3.62. The molecule has 0 aliphatic carbocycles. The van der Waals surface area contributed by atoms with Gasteiger partial charge in [0.2, 0.25) is 0 Å². The molecule has 2 heterocycles. The van der Waals surface area contributed by atoms with E-state index in [4.69, 9.17) is 0 Å². The molecule has 2 amide bonds. The van der Waals surface area contributed by atoms with Crippen molar-refractivity contribution in [1.82, 2.24) is 20.3 Å². The van der Waals surface area contributed by atoms with Crippen molar-refractivity contribution in [2.75, 3.05) is 23.7 Å². The predicted molar refractivity (Wildman–Crippen MR) is 97.0 cm³/mol. The molecule has 0 saturated heterocycles. The highest BCUT2D eigenvalue weighted by molar-refractivity contribution is 9.10. The number of hydrogen-bond acceptors (Lipinski definition) is 5. The summed E-state index contributed by atoms with van der Waals surface area (Å²) in [6.07, 6.45) is 3.15. The van der Waals surface area contributed by atoms with E-state index < -0.39 is 0 Å².